The highest BCUT2D eigenvalue weighted by Crippen LogP contribution is 2.19. The molecule has 0 unspecified atom stereocenters. The number of nitrogens with one attached hydrogen (secondary N) is 1. The minimum atomic E-state index is -0.115. The Labute approximate surface area is 126 Å². The van der Waals surface area contributed by atoms with Crippen LogP contribution in [-0.2, 0) is 0 Å². The third-order valence-electron chi connectivity index (χ3n) is 3.89. The number of hydrogen-bond donors (Lipinski definition) is 1. The van der Waals surface area contributed by atoms with E-state index >= 15 is 0 Å². The Morgan fingerprint density at radius 3 is 2.70 bits per heavy atom. The molecular weight excluding hydrogens is 268 g/mol. The van der Waals surface area contributed by atoms with Crippen molar-refractivity contribution in [3.05, 3.63) is 35.4 Å². The number of carbonyl (C=O) groups is 1. The number of likely N-dealkylation sites (tertiary alicyclic amines) is 1. The van der Waals surface area contributed by atoms with Gasteiger partial charge in [0.2, 0.25) is 0 Å². The van der Waals surface area contributed by atoms with Crippen molar-refractivity contribution in [1.82, 2.24) is 10.2 Å². The second kappa shape index (κ2) is 6.84. The summed E-state index contributed by atoms with van der Waals surface area (Å²) < 4.78 is 0. The second-order valence-corrected chi connectivity index (χ2v) is 5.76. The summed E-state index contributed by atoms with van der Waals surface area (Å²) in [5.41, 5.74) is 1.80. The molecule has 1 heterocycles. The van der Waals surface area contributed by atoms with E-state index < -0.39 is 0 Å². The molecule has 1 N–H and O–H groups in total. The first kappa shape index (κ1) is 15.0. The van der Waals surface area contributed by atoms with E-state index in [1.54, 1.807) is 0 Å². The van der Waals surface area contributed by atoms with Crippen LogP contribution in [0.25, 0.3) is 0 Å². The van der Waals surface area contributed by atoms with Crippen molar-refractivity contribution in [2.24, 2.45) is 0 Å². The molecule has 0 radical (unpaired) electrons. The summed E-state index contributed by atoms with van der Waals surface area (Å²) in [6.07, 6.45) is 4.64. The van der Waals surface area contributed by atoms with Crippen molar-refractivity contribution >= 4 is 23.2 Å². The Hall–Kier alpha value is -1.42. The van der Waals surface area contributed by atoms with E-state index in [1.807, 2.05) is 31.2 Å². The number of hydrogen-bond acceptors (Lipinski definition) is 2. The predicted molar refractivity (Wildman–Crippen MR) is 85.9 cm³/mol. The van der Waals surface area contributed by atoms with Gasteiger partial charge < -0.3 is 4.90 Å². The van der Waals surface area contributed by atoms with Crippen LogP contribution in [0.1, 0.15) is 48.5 Å². The molecule has 1 fully saturated rings. The van der Waals surface area contributed by atoms with Gasteiger partial charge >= 0.3 is 0 Å². The Balaban J connectivity index is 1.99. The Morgan fingerprint density at radius 2 is 2.05 bits per heavy atom. The zero-order valence-electron chi connectivity index (χ0n) is 12.2. The van der Waals surface area contributed by atoms with Crippen LogP contribution < -0.4 is 5.32 Å². The first-order valence-corrected chi connectivity index (χ1v) is 7.71. The first-order chi connectivity index (χ1) is 9.61. The molecule has 1 aromatic carbocycles. The Kier molecular flexibility index (Phi) is 5.12. The Morgan fingerprint density at radius 1 is 1.35 bits per heavy atom. The molecule has 0 aliphatic carbocycles. The molecule has 20 heavy (non-hydrogen) atoms. The zero-order chi connectivity index (χ0) is 14.5. The van der Waals surface area contributed by atoms with Crippen LogP contribution in [0.4, 0.5) is 0 Å². The Bertz CT molecular complexity index is 484. The van der Waals surface area contributed by atoms with E-state index in [-0.39, 0.29) is 5.91 Å². The SMILES string of the molecule is CC[C@H]1CCCCN1C(=S)NC(=O)c1ccc(C)cc1. The summed E-state index contributed by atoms with van der Waals surface area (Å²) in [4.78, 5) is 14.4. The third-order valence-corrected chi connectivity index (χ3v) is 4.23. The van der Waals surface area contributed by atoms with E-state index in [1.165, 1.54) is 6.42 Å². The van der Waals surface area contributed by atoms with Crippen LogP contribution in [0, 0.1) is 6.92 Å². The number of rotatable bonds is 2. The van der Waals surface area contributed by atoms with Gasteiger partial charge in [0.25, 0.3) is 5.91 Å². The number of thiocarbonyl (C=S) groups is 1. The van der Waals surface area contributed by atoms with Gasteiger partial charge in [-0.2, -0.15) is 0 Å². The fraction of sp³-hybridized carbons (Fsp3) is 0.500. The second-order valence-electron chi connectivity index (χ2n) is 5.38. The van der Waals surface area contributed by atoms with Crippen molar-refractivity contribution in [2.45, 2.75) is 45.6 Å². The molecule has 4 heteroatoms. The quantitative estimate of drug-likeness (QED) is 0.848. The smallest absolute Gasteiger partial charge is 0.257 e. The molecule has 1 aromatic rings. The summed E-state index contributed by atoms with van der Waals surface area (Å²) in [7, 11) is 0. The van der Waals surface area contributed by atoms with Crippen LogP contribution >= 0.6 is 12.2 Å². The predicted octanol–water partition coefficient (Wildman–Crippen LogP) is 3.27. The van der Waals surface area contributed by atoms with Gasteiger partial charge in [-0.3, -0.25) is 10.1 Å². The lowest BCUT2D eigenvalue weighted by molar-refractivity contribution is 0.0969. The van der Waals surface area contributed by atoms with Crippen LogP contribution in [0.15, 0.2) is 24.3 Å². The summed E-state index contributed by atoms with van der Waals surface area (Å²) in [5, 5.41) is 3.44. The molecule has 0 aromatic heterocycles. The summed E-state index contributed by atoms with van der Waals surface area (Å²) in [5.74, 6) is -0.115. The fourth-order valence-corrected chi connectivity index (χ4v) is 2.97. The standard InChI is InChI=1S/C16H22N2OS/c1-3-14-6-4-5-11-18(14)16(20)17-15(19)13-9-7-12(2)8-10-13/h7-10,14H,3-6,11H2,1-2H3,(H,17,19,20)/t14-/m0/s1. The number of aryl methyl sites for hydroxylation is 1. The molecular formula is C16H22N2OS. The molecule has 1 aliphatic heterocycles. The van der Waals surface area contributed by atoms with E-state index in [2.05, 4.69) is 17.1 Å². The maximum absolute atomic E-state index is 12.2. The fourth-order valence-electron chi connectivity index (χ4n) is 2.64. The van der Waals surface area contributed by atoms with Gasteiger partial charge in [-0.1, -0.05) is 24.6 Å². The number of carbonyl (C=O) groups excluding carboxylic acids is 1. The van der Waals surface area contributed by atoms with E-state index in [0.29, 0.717) is 16.7 Å². The maximum Gasteiger partial charge on any atom is 0.257 e. The van der Waals surface area contributed by atoms with Crippen molar-refractivity contribution in [2.75, 3.05) is 6.54 Å². The maximum atomic E-state index is 12.2. The van der Waals surface area contributed by atoms with Gasteiger partial charge in [-0.15, -0.1) is 0 Å². The van der Waals surface area contributed by atoms with Crippen LogP contribution in [0.3, 0.4) is 0 Å². The first-order valence-electron chi connectivity index (χ1n) is 7.30. The number of benzene rings is 1. The topological polar surface area (TPSA) is 32.3 Å². The number of nitrogens with zero attached hydrogens (tertiary/aromatic N) is 1. The van der Waals surface area contributed by atoms with Crippen LogP contribution in [0.5, 0.6) is 0 Å². The highest BCUT2D eigenvalue weighted by Gasteiger charge is 2.24. The third kappa shape index (κ3) is 3.57. The summed E-state index contributed by atoms with van der Waals surface area (Å²) in [6, 6.07) is 8.01. The lowest BCUT2D eigenvalue weighted by Crippen LogP contribution is -2.49. The lowest BCUT2D eigenvalue weighted by atomic mass is 10.0. The van der Waals surface area contributed by atoms with Crippen molar-refractivity contribution in [1.29, 1.82) is 0 Å². The van der Waals surface area contributed by atoms with E-state index in [4.69, 9.17) is 12.2 Å². The van der Waals surface area contributed by atoms with E-state index in [0.717, 1.165) is 31.4 Å². The molecule has 1 aliphatic rings. The summed E-state index contributed by atoms with van der Waals surface area (Å²) >= 11 is 5.41. The van der Waals surface area contributed by atoms with Crippen molar-refractivity contribution in [3.63, 3.8) is 0 Å². The monoisotopic (exact) mass is 290 g/mol. The molecule has 1 amide bonds. The molecule has 1 saturated heterocycles. The number of amides is 1. The van der Waals surface area contributed by atoms with Crippen LogP contribution in [-0.4, -0.2) is 28.5 Å². The van der Waals surface area contributed by atoms with Crippen LogP contribution in [0.2, 0.25) is 0 Å². The summed E-state index contributed by atoms with van der Waals surface area (Å²) in [6.45, 7) is 5.13. The minimum Gasteiger partial charge on any atom is -0.346 e. The van der Waals surface area contributed by atoms with Crippen molar-refractivity contribution < 1.29 is 4.79 Å². The molecule has 3 nitrogen and oxygen atoms in total. The van der Waals surface area contributed by atoms with Crippen molar-refractivity contribution in [3.8, 4) is 0 Å². The molecule has 1 atom stereocenters. The van der Waals surface area contributed by atoms with Gasteiger partial charge in [0.1, 0.15) is 0 Å². The molecule has 0 bridgehead atoms. The average Bonchev–Trinajstić information content (AvgIpc) is 2.47. The highest BCUT2D eigenvalue weighted by atomic mass is 32.1. The highest BCUT2D eigenvalue weighted by molar-refractivity contribution is 7.80. The normalized spacial score (nSPS) is 18.7. The van der Waals surface area contributed by atoms with Gasteiger partial charge in [0.05, 0.1) is 0 Å². The largest absolute Gasteiger partial charge is 0.346 e. The van der Waals surface area contributed by atoms with Gasteiger partial charge in [-0.25, -0.2) is 0 Å². The average molecular weight is 290 g/mol. The van der Waals surface area contributed by atoms with Gasteiger partial charge in [-0.05, 0) is 57.0 Å². The molecule has 0 spiro atoms. The van der Waals surface area contributed by atoms with Gasteiger partial charge in [0, 0.05) is 18.2 Å². The van der Waals surface area contributed by atoms with E-state index in [9.17, 15) is 4.79 Å². The molecule has 108 valence electrons. The minimum absolute atomic E-state index is 0.115. The van der Waals surface area contributed by atoms with Gasteiger partial charge in [0.15, 0.2) is 5.11 Å². The lowest BCUT2D eigenvalue weighted by Gasteiger charge is -2.37. The molecule has 2 rings (SSSR count). The number of piperidine rings is 1. The zero-order valence-corrected chi connectivity index (χ0v) is 13.0. The molecule has 0 saturated carbocycles.